The minimum absolute atomic E-state index is 0.214. The maximum Gasteiger partial charge on any atom is 0.277 e. The number of rotatable bonds is 2. The zero-order valence-electron chi connectivity index (χ0n) is 9.18. The molecule has 1 aromatic heterocycles. The molecule has 2 rings (SSSR count). The van der Waals surface area contributed by atoms with Crippen molar-refractivity contribution in [3.05, 3.63) is 51.9 Å². The van der Waals surface area contributed by atoms with Crippen LogP contribution in [0.2, 0.25) is 0 Å². The van der Waals surface area contributed by atoms with Gasteiger partial charge in [0.25, 0.3) is 5.56 Å². The molecule has 2 aromatic rings. The molecule has 4 heteroatoms. The fourth-order valence-electron chi connectivity index (χ4n) is 1.83. The topological polar surface area (TPSA) is 44.0 Å². The number of carbonyl (C=O) groups is 1. The summed E-state index contributed by atoms with van der Waals surface area (Å²) in [6, 6.07) is 9.46. The smallest absolute Gasteiger partial charge is 0.277 e. The summed E-state index contributed by atoms with van der Waals surface area (Å²) in [5.74, 6) is 0. The van der Waals surface area contributed by atoms with E-state index in [1.807, 2.05) is 30.3 Å². The first kappa shape index (κ1) is 10.4. The van der Waals surface area contributed by atoms with Crippen LogP contribution >= 0.6 is 0 Å². The molecule has 1 aromatic carbocycles. The minimum atomic E-state index is -0.267. The van der Waals surface area contributed by atoms with E-state index >= 15 is 0 Å². The van der Waals surface area contributed by atoms with Crippen LogP contribution in [0.3, 0.4) is 0 Å². The Morgan fingerprint density at radius 2 is 1.81 bits per heavy atom. The molecular weight excluding hydrogens is 204 g/mol. The van der Waals surface area contributed by atoms with Crippen molar-refractivity contribution < 1.29 is 4.79 Å². The maximum atomic E-state index is 11.7. The molecule has 0 aliphatic heterocycles. The van der Waals surface area contributed by atoms with Gasteiger partial charge in [0.1, 0.15) is 5.56 Å². The first-order valence-electron chi connectivity index (χ1n) is 4.96. The summed E-state index contributed by atoms with van der Waals surface area (Å²) >= 11 is 0. The predicted octanol–water partition coefficient (Wildman–Crippen LogP) is 1.30. The Morgan fingerprint density at radius 1 is 1.19 bits per heavy atom. The van der Waals surface area contributed by atoms with Crippen molar-refractivity contribution in [1.82, 2.24) is 9.36 Å². The number of aromatic nitrogens is 2. The van der Waals surface area contributed by atoms with Crippen LogP contribution in [0.1, 0.15) is 16.1 Å². The summed E-state index contributed by atoms with van der Waals surface area (Å²) in [7, 11) is 1.65. The standard InChI is InChI=1S/C12H12N2O2/c1-9-11(8-15)12(16)13(2)14(9)10-6-4-3-5-7-10/h3-8H,1-2H3. The molecule has 0 spiro atoms. The molecule has 0 fully saturated rings. The molecule has 82 valence electrons. The van der Waals surface area contributed by atoms with E-state index in [2.05, 4.69) is 0 Å². The average molecular weight is 216 g/mol. The Morgan fingerprint density at radius 3 is 2.31 bits per heavy atom. The van der Waals surface area contributed by atoms with Crippen molar-refractivity contribution in [3.63, 3.8) is 0 Å². The summed E-state index contributed by atoms with van der Waals surface area (Å²) in [5.41, 5.74) is 1.48. The molecule has 1 heterocycles. The van der Waals surface area contributed by atoms with Crippen LogP contribution in [0, 0.1) is 6.92 Å². The molecule has 0 radical (unpaired) electrons. The van der Waals surface area contributed by atoms with Gasteiger partial charge in [0, 0.05) is 7.05 Å². The zero-order chi connectivity index (χ0) is 11.7. The molecule has 0 saturated heterocycles. The van der Waals surface area contributed by atoms with Crippen LogP contribution in [-0.2, 0) is 7.05 Å². The van der Waals surface area contributed by atoms with Gasteiger partial charge in [-0.2, -0.15) is 0 Å². The Hall–Kier alpha value is -2.10. The fraction of sp³-hybridized carbons (Fsp3) is 0.167. The molecule has 0 aliphatic carbocycles. The summed E-state index contributed by atoms with van der Waals surface area (Å²) < 4.78 is 3.17. The van der Waals surface area contributed by atoms with Crippen molar-refractivity contribution in [2.45, 2.75) is 6.92 Å². The van der Waals surface area contributed by atoms with Gasteiger partial charge in [0.2, 0.25) is 0 Å². The van der Waals surface area contributed by atoms with Crippen molar-refractivity contribution in [2.75, 3.05) is 0 Å². The minimum Gasteiger partial charge on any atom is -0.298 e. The zero-order valence-corrected chi connectivity index (χ0v) is 9.18. The van der Waals surface area contributed by atoms with Gasteiger partial charge in [0.05, 0.1) is 11.4 Å². The average Bonchev–Trinajstić information content (AvgIpc) is 2.51. The highest BCUT2D eigenvalue weighted by Gasteiger charge is 2.14. The van der Waals surface area contributed by atoms with E-state index < -0.39 is 0 Å². The lowest BCUT2D eigenvalue weighted by Crippen LogP contribution is -2.19. The molecule has 0 saturated carbocycles. The summed E-state index contributed by atoms with van der Waals surface area (Å²) in [6.45, 7) is 1.76. The van der Waals surface area contributed by atoms with E-state index in [4.69, 9.17) is 0 Å². The van der Waals surface area contributed by atoms with E-state index in [1.54, 1.807) is 18.7 Å². The van der Waals surface area contributed by atoms with Gasteiger partial charge in [-0.05, 0) is 19.1 Å². The van der Waals surface area contributed by atoms with Crippen LogP contribution in [0.5, 0.6) is 0 Å². The maximum absolute atomic E-state index is 11.7. The van der Waals surface area contributed by atoms with Crippen LogP contribution in [-0.4, -0.2) is 15.6 Å². The van der Waals surface area contributed by atoms with Crippen molar-refractivity contribution >= 4 is 6.29 Å². The number of nitrogens with zero attached hydrogens (tertiary/aromatic N) is 2. The van der Waals surface area contributed by atoms with Gasteiger partial charge in [-0.15, -0.1) is 0 Å². The van der Waals surface area contributed by atoms with E-state index in [1.165, 1.54) is 4.68 Å². The normalized spacial score (nSPS) is 10.4. The monoisotopic (exact) mass is 216 g/mol. The van der Waals surface area contributed by atoms with Crippen LogP contribution in [0.25, 0.3) is 5.69 Å². The van der Waals surface area contributed by atoms with Gasteiger partial charge < -0.3 is 0 Å². The van der Waals surface area contributed by atoms with E-state index in [9.17, 15) is 9.59 Å². The number of carbonyl (C=O) groups excluding carboxylic acids is 1. The second-order valence-electron chi connectivity index (χ2n) is 3.59. The Balaban J connectivity index is 2.77. The Labute approximate surface area is 92.7 Å². The molecule has 0 amide bonds. The Bertz CT molecular complexity index is 579. The number of hydrogen-bond donors (Lipinski definition) is 0. The highest BCUT2D eigenvalue weighted by Crippen LogP contribution is 2.11. The van der Waals surface area contributed by atoms with Crippen LogP contribution in [0.15, 0.2) is 35.1 Å². The largest absolute Gasteiger partial charge is 0.298 e. The summed E-state index contributed by atoms with van der Waals surface area (Å²) in [5, 5.41) is 0. The number of benzene rings is 1. The van der Waals surface area contributed by atoms with E-state index in [-0.39, 0.29) is 11.1 Å². The second-order valence-corrected chi connectivity index (χ2v) is 3.59. The molecule has 0 atom stereocenters. The Kier molecular flexibility index (Phi) is 2.48. The van der Waals surface area contributed by atoms with Gasteiger partial charge >= 0.3 is 0 Å². The molecule has 0 bridgehead atoms. The number of aldehydes is 1. The summed E-state index contributed by atoms with van der Waals surface area (Å²) in [6.07, 6.45) is 0.608. The fourth-order valence-corrected chi connectivity index (χ4v) is 1.83. The van der Waals surface area contributed by atoms with Gasteiger partial charge in [-0.25, -0.2) is 4.68 Å². The van der Waals surface area contributed by atoms with E-state index in [0.29, 0.717) is 12.0 Å². The van der Waals surface area contributed by atoms with Crippen molar-refractivity contribution in [2.24, 2.45) is 7.05 Å². The predicted molar refractivity (Wildman–Crippen MR) is 61.1 cm³/mol. The third kappa shape index (κ3) is 1.39. The van der Waals surface area contributed by atoms with Crippen molar-refractivity contribution in [3.8, 4) is 5.69 Å². The lowest BCUT2D eigenvalue weighted by Gasteiger charge is -2.09. The third-order valence-corrected chi connectivity index (χ3v) is 2.65. The van der Waals surface area contributed by atoms with Gasteiger partial charge in [-0.3, -0.25) is 14.3 Å². The molecule has 0 aliphatic rings. The number of para-hydroxylation sites is 1. The lowest BCUT2D eigenvalue weighted by molar-refractivity contribution is 0.112. The molecule has 16 heavy (non-hydrogen) atoms. The first-order chi connectivity index (χ1) is 7.66. The second kappa shape index (κ2) is 3.81. The lowest BCUT2D eigenvalue weighted by atomic mass is 10.2. The summed E-state index contributed by atoms with van der Waals surface area (Å²) in [4.78, 5) is 22.5. The molecule has 4 nitrogen and oxygen atoms in total. The first-order valence-corrected chi connectivity index (χ1v) is 4.96. The highest BCUT2D eigenvalue weighted by molar-refractivity contribution is 5.76. The SMILES string of the molecule is Cc1c(C=O)c(=O)n(C)n1-c1ccccc1. The molecule has 0 N–H and O–H groups in total. The van der Waals surface area contributed by atoms with Crippen LogP contribution < -0.4 is 5.56 Å². The van der Waals surface area contributed by atoms with Gasteiger partial charge in [-0.1, -0.05) is 18.2 Å². The molecular formula is C12H12N2O2. The van der Waals surface area contributed by atoms with Crippen molar-refractivity contribution in [1.29, 1.82) is 0 Å². The van der Waals surface area contributed by atoms with Crippen LogP contribution in [0.4, 0.5) is 0 Å². The third-order valence-electron chi connectivity index (χ3n) is 2.65. The highest BCUT2D eigenvalue weighted by atomic mass is 16.1. The molecule has 0 unspecified atom stereocenters. The van der Waals surface area contributed by atoms with E-state index in [0.717, 1.165) is 5.69 Å². The van der Waals surface area contributed by atoms with Gasteiger partial charge in [0.15, 0.2) is 6.29 Å². The number of hydrogen-bond acceptors (Lipinski definition) is 2. The quantitative estimate of drug-likeness (QED) is 0.710.